The molecule has 0 amide bonds. The van der Waals surface area contributed by atoms with Crippen LogP contribution in [-0.4, -0.2) is 42.2 Å². The van der Waals surface area contributed by atoms with E-state index >= 15 is 0 Å². The van der Waals surface area contributed by atoms with Crippen molar-refractivity contribution in [1.82, 2.24) is 4.90 Å². The van der Waals surface area contributed by atoms with Crippen molar-refractivity contribution in [2.75, 3.05) is 26.2 Å². The predicted octanol–water partition coefficient (Wildman–Crippen LogP) is 1.49. The monoisotopic (exact) mass is 205 g/mol. The molecule has 1 spiro atoms. The van der Waals surface area contributed by atoms with Crippen LogP contribution < -0.4 is 0 Å². The van der Waals surface area contributed by atoms with Crippen molar-refractivity contribution in [2.45, 2.75) is 31.6 Å². The van der Waals surface area contributed by atoms with Crippen molar-refractivity contribution in [2.24, 2.45) is 5.41 Å². The molecule has 0 unspecified atom stereocenters. The summed E-state index contributed by atoms with van der Waals surface area (Å²) in [7, 11) is 0. The van der Waals surface area contributed by atoms with Gasteiger partial charge in [0, 0.05) is 13.1 Å². The van der Waals surface area contributed by atoms with Crippen LogP contribution in [0.5, 0.6) is 0 Å². The van der Waals surface area contributed by atoms with Gasteiger partial charge in [-0.2, -0.15) is 0 Å². The Labute approximate surface area is 82.9 Å². The fourth-order valence-corrected chi connectivity index (χ4v) is 2.83. The smallest absolute Gasteiger partial charge is 0.283 e. The SMILES string of the molecule is OCC(F)(F)CN1CC2(CCCC2)C1. The fraction of sp³-hybridized carbons (Fsp3) is 1.00. The molecular weight excluding hydrogens is 188 g/mol. The summed E-state index contributed by atoms with van der Waals surface area (Å²) in [6, 6.07) is 0. The number of hydrogen-bond acceptors (Lipinski definition) is 2. The highest BCUT2D eigenvalue weighted by Gasteiger charge is 2.47. The lowest BCUT2D eigenvalue weighted by atomic mass is 9.78. The summed E-state index contributed by atoms with van der Waals surface area (Å²) in [5.74, 6) is -2.92. The Morgan fingerprint density at radius 1 is 1.21 bits per heavy atom. The minimum absolute atomic E-state index is 0.273. The average molecular weight is 205 g/mol. The predicted molar refractivity (Wildman–Crippen MR) is 49.4 cm³/mol. The molecule has 0 aromatic heterocycles. The molecule has 0 radical (unpaired) electrons. The summed E-state index contributed by atoms with van der Waals surface area (Å²) in [5, 5.41) is 8.44. The van der Waals surface area contributed by atoms with E-state index in [4.69, 9.17) is 5.11 Å². The molecule has 4 heteroatoms. The lowest BCUT2D eigenvalue weighted by Gasteiger charge is -2.49. The van der Waals surface area contributed by atoms with Crippen molar-refractivity contribution in [3.05, 3.63) is 0 Å². The van der Waals surface area contributed by atoms with Crippen molar-refractivity contribution >= 4 is 0 Å². The minimum Gasteiger partial charge on any atom is -0.390 e. The molecule has 2 aliphatic rings. The molecule has 1 saturated carbocycles. The van der Waals surface area contributed by atoms with E-state index in [2.05, 4.69) is 0 Å². The number of nitrogens with zero attached hydrogens (tertiary/aromatic N) is 1. The highest BCUT2D eigenvalue weighted by atomic mass is 19.3. The van der Waals surface area contributed by atoms with E-state index in [-0.39, 0.29) is 6.54 Å². The van der Waals surface area contributed by atoms with Gasteiger partial charge in [-0.25, -0.2) is 8.78 Å². The van der Waals surface area contributed by atoms with E-state index in [1.807, 2.05) is 0 Å². The maximum absolute atomic E-state index is 12.8. The molecule has 2 rings (SSSR count). The summed E-state index contributed by atoms with van der Waals surface area (Å²) in [4.78, 5) is 1.77. The quantitative estimate of drug-likeness (QED) is 0.754. The van der Waals surface area contributed by atoms with E-state index in [1.54, 1.807) is 4.90 Å². The lowest BCUT2D eigenvalue weighted by Crippen LogP contribution is -2.58. The van der Waals surface area contributed by atoms with Gasteiger partial charge in [0.15, 0.2) is 0 Å². The van der Waals surface area contributed by atoms with Crippen molar-refractivity contribution in [3.63, 3.8) is 0 Å². The number of halogens is 2. The molecule has 14 heavy (non-hydrogen) atoms. The zero-order valence-electron chi connectivity index (χ0n) is 8.31. The highest BCUT2D eigenvalue weighted by Crippen LogP contribution is 2.45. The van der Waals surface area contributed by atoms with E-state index in [0.29, 0.717) is 5.41 Å². The molecule has 1 saturated heterocycles. The normalized spacial score (nSPS) is 26.8. The number of alkyl halides is 2. The van der Waals surface area contributed by atoms with Crippen LogP contribution in [0.2, 0.25) is 0 Å². The topological polar surface area (TPSA) is 23.5 Å². The standard InChI is InChI=1S/C10H17F2NO/c11-10(12,8-14)7-13-5-9(6-13)3-1-2-4-9/h14H,1-8H2. The van der Waals surface area contributed by atoms with Crippen LogP contribution in [0.15, 0.2) is 0 Å². The molecule has 1 aliphatic carbocycles. The Bertz CT molecular complexity index is 206. The first-order valence-corrected chi connectivity index (χ1v) is 5.26. The number of aliphatic hydroxyl groups excluding tert-OH is 1. The summed E-state index contributed by atoms with van der Waals surface area (Å²) < 4.78 is 25.6. The van der Waals surface area contributed by atoms with Gasteiger partial charge in [0.05, 0.1) is 6.54 Å². The maximum Gasteiger partial charge on any atom is 0.283 e. The van der Waals surface area contributed by atoms with Crippen LogP contribution >= 0.6 is 0 Å². The number of hydrogen-bond donors (Lipinski definition) is 1. The van der Waals surface area contributed by atoms with Gasteiger partial charge < -0.3 is 5.11 Å². The van der Waals surface area contributed by atoms with Crippen LogP contribution in [0.4, 0.5) is 8.78 Å². The first kappa shape index (κ1) is 10.3. The summed E-state index contributed by atoms with van der Waals surface area (Å²) in [6.07, 6.45) is 4.91. The molecule has 2 fully saturated rings. The number of rotatable bonds is 3. The van der Waals surface area contributed by atoms with E-state index in [1.165, 1.54) is 25.7 Å². The fourth-order valence-electron chi connectivity index (χ4n) is 2.83. The number of aliphatic hydroxyl groups is 1. The summed E-state index contributed by atoms with van der Waals surface area (Å²) >= 11 is 0. The summed E-state index contributed by atoms with van der Waals surface area (Å²) in [6.45, 7) is 0.312. The van der Waals surface area contributed by atoms with Gasteiger partial charge in [-0.15, -0.1) is 0 Å². The largest absolute Gasteiger partial charge is 0.390 e. The van der Waals surface area contributed by atoms with E-state index < -0.39 is 12.5 Å². The second kappa shape index (κ2) is 3.42. The van der Waals surface area contributed by atoms with Gasteiger partial charge in [-0.1, -0.05) is 12.8 Å². The molecule has 0 bridgehead atoms. The van der Waals surface area contributed by atoms with Crippen LogP contribution in [0.1, 0.15) is 25.7 Å². The molecule has 1 N–H and O–H groups in total. The van der Waals surface area contributed by atoms with Gasteiger partial charge in [0.25, 0.3) is 5.92 Å². The zero-order chi connectivity index (χ0) is 10.2. The number of likely N-dealkylation sites (tertiary alicyclic amines) is 1. The molecule has 82 valence electrons. The second-order valence-corrected chi connectivity index (χ2v) is 4.87. The first-order valence-electron chi connectivity index (χ1n) is 5.26. The van der Waals surface area contributed by atoms with Gasteiger partial charge in [0.2, 0.25) is 0 Å². The molecule has 1 aliphatic heterocycles. The van der Waals surface area contributed by atoms with Gasteiger partial charge in [-0.3, -0.25) is 4.90 Å². The zero-order valence-corrected chi connectivity index (χ0v) is 8.31. The van der Waals surface area contributed by atoms with Gasteiger partial charge in [0.1, 0.15) is 6.61 Å². The minimum atomic E-state index is -2.92. The Balaban J connectivity index is 1.77. The van der Waals surface area contributed by atoms with Gasteiger partial charge in [-0.05, 0) is 18.3 Å². The van der Waals surface area contributed by atoms with E-state index in [0.717, 1.165) is 13.1 Å². The Hall–Kier alpha value is -0.220. The van der Waals surface area contributed by atoms with Crippen LogP contribution in [-0.2, 0) is 0 Å². The first-order chi connectivity index (χ1) is 6.55. The van der Waals surface area contributed by atoms with Gasteiger partial charge >= 0.3 is 0 Å². The van der Waals surface area contributed by atoms with Crippen LogP contribution in [0.3, 0.4) is 0 Å². The average Bonchev–Trinajstić information content (AvgIpc) is 2.52. The van der Waals surface area contributed by atoms with Crippen molar-refractivity contribution < 1.29 is 13.9 Å². The second-order valence-electron chi connectivity index (χ2n) is 4.87. The summed E-state index contributed by atoms with van der Waals surface area (Å²) in [5.41, 5.74) is 0.367. The Morgan fingerprint density at radius 2 is 1.79 bits per heavy atom. The highest BCUT2D eigenvalue weighted by molar-refractivity contribution is 4.98. The van der Waals surface area contributed by atoms with Crippen LogP contribution in [0, 0.1) is 5.41 Å². The molecular formula is C10H17F2NO. The molecule has 0 atom stereocenters. The van der Waals surface area contributed by atoms with E-state index in [9.17, 15) is 8.78 Å². The molecule has 2 nitrogen and oxygen atoms in total. The lowest BCUT2D eigenvalue weighted by molar-refractivity contribution is -0.110. The third kappa shape index (κ3) is 1.91. The van der Waals surface area contributed by atoms with Crippen molar-refractivity contribution in [1.29, 1.82) is 0 Å². The van der Waals surface area contributed by atoms with Crippen LogP contribution in [0.25, 0.3) is 0 Å². The van der Waals surface area contributed by atoms with Crippen molar-refractivity contribution in [3.8, 4) is 0 Å². The molecule has 1 heterocycles. The Kier molecular flexibility index (Phi) is 2.52. The maximum atomic E-state index is 12.8. The third-order valence-electron chi connectivity index (χ3n) is 3.47. The molecule has 0 aromatic rings. The molecule has 0 aromatic carbocycles. The Morgan fingerprint density at radius 3 is 2.29 bits per heavy atom. The third-order valence-corrected chi connectivity index (χ3v) is 3.47.